The Hall–Kier alpha value is -0.490. The van der Waals surface area contributed by atoms with E-state index in [1.807, 2.05) is 11.6 Å². The molecule has 1 atom stereocenters. The van der Waals surface area contributed by atoms with Crippen LogP contribution in [-0.2, 0) is 11.3 Å². The van der Waals surface area contributed by atoms with E-state index in [2.05, 4.69) is 15.6 Å². The number of hydrogen-bond acceptors (Lipinski definition) is 5. The molecule has 1 aromatic heterocycles. The zero-order valence-corrected chi connectivity index (χ0v) is 9.55. The summed E-state index contributed by atoms with van der Waals surface area (Å²) in [6.45, 7) is 4.68. The van der Waals surface area contributed by atoms with Crippen molar-refractivity contribution in [3.8, 4) is 0 Å². The lowest BCUT2D eigenvalue weighted by molar-refractivity contribution is 0.0238. The van der Waals surface area contributed by atoms with Gasteiger partial charge in [-0.05, 0) is 13.0 Å². The molecule has 1 aliphatic rings. The normalized spacial score (nSPS) is 21.7. The standard InChI is InChI=1S/C10H17N3OS/c1(9-7-12-3-5-14-9)2-11-8-10-13-4-6-15-10/h4,6,9,11-12H,1-3,5,7-8H2. The van der Waals surface area contributed by atoms with E-state index in [0.717, 1.165) is 44.2 Å². The molecule has 0 saturated carbocycles. The molecule has 1 aliphatic heterocycles. The average molecular weight is 227 g/mol. The molecule has 2 N–H and O–H groups in total. The average Bonchev–Trinajstić information content (AvgIpc) is 2.79. The van der Waals surface area contributed by atoms with Gasteiger partial charge in [-0.15, -0.1) is 11.3 Å². The van der Waals surface area contributed by atoms with Crippen molar-refractivity contribution in [2.75, 3.05) is 26.2 Å². The molecule has 0 radical (unpaired) electrons. The van der Waals surface area contributed by atoms with Gasteiger partial charge in [0.15, 0.2) is 0 Å². The minimum absolute atomic E-state index is 0.377. The van der Waals surface area contributed by atoms with Crippen LogP contribution in [0.5, 0.6) is 0 Å². The quantitative estimate of drug-likeness (QED) is 0.724. The van der Waals surface area contributed by atoms with Crippen LogP contribution in [0.15, 0.2) is 11.6 Å². The van der Waals surface area contributed by atoms with Crippen molar-refractivity contribution in [2.24, 2.45) is 0 Å². The third kappa shape index (κ3) is 3.87. The van der Waals surface area contributed by atoms with Gasteiger partial charge >= 0.3 is 0 Å². The van der Waals surface area contributed by atoms with Gasteiger partial charge in [0.05, 0.1) is 12.7 Å². The maximum absolute atomic E-state index is 5.60. The van der Waals surface area contributed by atoms with Crippen LogP contribution in [0.1, 0.15) is 11.4 Å². The van der Waals surface area contributed by atoms with Crippen LogP contribution in [0.3, 0.4) is 0 Å². The molecule has 2 heterocycles. The fraction of sp³-hybridized carbons (Fsp3) is 0.700. The second kappa shape index (κ2) is 6.17. The first-order valence-electron chi connectivity index (χ1n) is 5.36. The molecule has 0 amide bonds. The Morgan fingerprint density at radius 3 is 3.40 bits per heavy atom. The maximum atomic E-state index is 5.60. The molecule has 1 aromatic rings. The lowest BCUT2D eigenvalue weighted by Crippen LogP contribution is -2.39. The number of thiazole rings is 1. The monoisotopic (exact) mass is 227 g/mol. The van der Waals surface area contributed by atoms with E-state index in [9.17, 15) is 0 Å². The van der Waals surface area contributed by atoms with E-state index in [1.54, 1.807) is 11.3 Å². The van der Waals surface area contributed by atoms with Crippen LogP contribution in [0.2, 0.25) is 0 Å². The van der Waals surface area contributed by atoms with E-state index in [-0.39, 0.29) is 0 Å². The molecule has 5 heteroatoms. The number of nitrogens with one attached hydrogen (secondary N) is 2. The molecule has 2 rings (SSSR count). The summed E-state index contributed by atoms with van der Waals surface area (Å²) in [5.41, 5.74) is 0. The summed E-state index contributed by atoms with van der Waals surface area (Å²) >= 11 is 1.69. The number of morpholine rings is 1. The Labute approximate surface area is 94.1 Å². The summed E-state index contributed by atoms with van der Waals surface area (Å²) in [5.74, 6) is 0. The molecule has 0 aromatic carbocycles. The first-order valence-corrected chi connectivity index (χ1v) is 6.24. The first-order chi connectivity index (χ1) is 7.45. The fourth-order valence-corrected chi connectivity index (χ4v) is 2.19. The fourth-order valence-electron chi connectivity index (χ4n) is 1.60. The molecule has 1 saturated heterocycles. The SMILES string of the molecule is c1csc(CNCCC2CNCCO2)n1. The number of aromatic nitrogens is 1. The van der Waals surface area contributed by atoms with E-state index in [0.29, 0.717) is 6.10 Å². The van der Waals surface area contributed by atoms with Crippen molar-refractivity contribution < 1.29 is 4.74 Å². The molecule has 84 valence electrons. The molecule has 0 aliphatic carbocycles. The Kier molecular flexibility index (Phi) is 4.53. The highest BCUT2D eigenvalue weighted by Crippen LogP contribution is 2.03. The first kappa shape index (κ1) is 11.0. The number of rotatable bonds is 5. The summed E-state index contributed by atoms with van der Waals surface area (Å²) in [5, 5.41) is 9.86. The van der Waals surface area contributed by atoms with Crippen molar-refractivity contribution in [2.45, 2.75) is 19.1 Å². The van der Waals surface area contributed by atoms with Gasteiger partial charge in [0, 0.05) is 31.2 Å². The van der Waals surface area contributed by atoms with Crippen molar-refractivity contribution >= 4 is 11.3 Å². The number of nitrogens with zero attached hydrogens (tertiary/aromatic N) is 1. The second-order valence-electron chi connectivity index (χ2n) is 3.59. The van der Waals surface area contributed by atoms with Crippen molar-refractivity contribution in [1.29, 1.82) is 0 Å². The third-order valence-corrected chi connectivity index (χ3v) is 3.19. The van der Waals surface area contributed by atoms with Crippen LogP contribution >= 0.6 is 11.3 Å². The largest absolute Gasteiger partial charge is 0.376 e. The van der Waals surface area contributed by atoms with Crippen LogP contribution in [0.4, 0.5) is 0 Å². The van der Waals surface area contributed by atoms with Crippen LogP contribution in [0, 0.1) is 0 Å². The van der Waals surface area contributed by atoms with Crippen molar-refractivity contribution in [1.82, 2.24) is 15.6 Å². The topological polar surface area (TPSA) is 46.2 Å². The minimum atomic E-state index is 0.377. The molecule has 4 nitrogen and oxygen atoms in total. The predicted octanol–water partition coefficient (Wildman–Crippen LogP) is 0.611. The van der Waals surface area contributed by atoms with Crippen molar-refractivity contribution in [3.05, 3.63) is 16.6 Å². The molecular formula is C10H17N3OS. The zero-order chi connectivity index (χ0) is 10.3. The Balaban J connectivity index is 1.54. The summed E-state index contributed by atoms with van der Waals surface area (Å²) < 4.78 is 5.60. The molecule has 15 heavy (non-hydrogen) atoms. The third-order valence-electron chi connectivity index (χ3n) is 2.41. The van der Waals surface area contributed by atoms with E-state index in [1.165, 1.54) is 0 Å². The Morgan fingerprint density at radius 1 is 1.67 bits per heavy atom. The van der Waals surface area contributed by atoms with Crippen LogP contribution in [-0.4, -0.2) is 37.3 Å². The van der Waals surface area contributed by atoms with Gasteiger partial charge in [0.25, 0.3) is 0 Å². The molecule has 0 bridgehead atoms. The van der Waals surface area contributed by atoms with E-state index >= 15 is 0 Å². The molecule has 1 fully saturated rings. The second-order valence-corrected chi connectivity index (χ2v) is 4.57. The summed E-state index contributed by atoms with van der Waals surface area (Å²) in [7, 11) is 0. The van der Waals surface area contributed by atoms with Crippen LogP contribution in [0.25, 0.3) is 0 Å². The predicted molar refractivity (Wildman–Crippen MR) is 61.0 cm³/mol. The number of hydrogen-bond donors (Lipinski definition) is 2. The van der Waals surface area contributed by atoms with Gasteiger partial charge in [0.2, 0.25) is 0 Å². The molecule has 1 unspecified atom stereocenters. The highest BCUT2D eigenvalue weighted by Gasteiger charge is 2.12. The van der Waals surface area contributed by atoms with Gasteiger partial charge in [-0.3, -0.25) is 0 Å². The van der Waals surface area contributed by atoms with Crippen LogP contribution < -0.4 is 10.6 Å². The Bertz CT molecular complexity index is 260. The van der Waals surface area contributed by atoms with Gasteiger partial charge in [0.1, 0.15) is 5.01 Å². The van der Waals surface area contributed by atoms with E-state index in [4.69, 9.17) is 4.74 Å². The minimum Gasteiger partial charge on any atom is -0.376 e. The van der Waals surface area contributed by atoms with Crippen molar-refractivity contribution in [3.63, 3.8) is 0 Å². The highest BCUT2D eigenvalue weighted by atomic mass is 32.1. The van der Waals surface area contributed by atoms with Gasteiger partial charge in [-0.1, -0.05) is 0 Å². The van der Waals surface area contributed by atoms with Gasteiger partial charge in [-0.25, -0.2) is 4.98 Å². The van der Waals surface area contributed by atoms with Gasteiger partial charge < -0.3 is 15.4 Å². The maximum Gasteiger partial charge on any atom is 0.106 e. The zero-order valence-electron chi connectivity index (χ0n) is 8.74. The lowest BCUT2D eigenvalue weighted by atomic mass is 10.2. The summed E-state index contributed by atoms with van der Waals surface area (Å²) in [4.78, 5) is 4.21. The molecular weight excluding hydrogens is 210 g/mol. The number of ether oxygens (including phenoxy) is 1. The highest BCUT2D eigenvalue weighted by molar-refractivity contribution is 7.09. The summed E-state index contributed by atoms with van der Waals surface area (Å²) in [6, 6.07) is 0. The lowest BCUT2D eigenvalue weighted by Gasteiger charge is -2.23. The van der Waals surface area contributed by atoms with Gasteiger partial charge in [-0.2, -0.15) is 0 Å². The molecule has 0 spiro atoms. The summed E-state index contributed by atoms with van der Waals surface area (Å²) in [6.07, 6.45) is 3.29. The smallest absolute Gasteiger partial charge is 0.106 e. The Morgan fingerprint density at radius 2 is 2.67 bits per heavy atom. The van der Waals surface area contributed by atoms with E-state index < -0.39 is 0 Å².